The Kier molecular flexibility index (Phi) is 4.38. The van der Waals surface area contributed by atoms with Crippen molar-refractivity contribution in [3.63, 3.8) is 0 Å². The van der Waals surface area contributed by atoms with Crippen molar-refractivity contribution >= 4 is 11.5 Å². The van der Waals surface area contributed by atoms with Gasteiger partial charge in [-0.25, -0.2) is 0 Å². The predicted molar refractivity (Wildman–Crippen MR) is 79.2 cm³/mol. The molecule has 0 atom stereocenters. The second kappa shape index (κ2) is 6.31. The van der Waals surface area contributed by atoms with Gasteiger partial charge in [-0.05, 0) is 50.9 Å². The molecular formula is C14H19F3N6. The van der Waals surface area contributed by atoms with Crippen molar-refractivity contribution in [1.29, 1.82) is 0 Å². The number of hydrogen-bond acceptors (Lipinski definition) is 5. The Labute approximate surface area is 131 Å². The molecule has 0 bridgehead atoms. The van der Waals surface area contributed by atoms with Gasteiger partial charge in [-0.15, -0.1) is 15.3 Å². The van der Waals surface area contributed by atoms with Crippen LogP contribution in [0.25, 0.3) is 5.65 Å². The number of aryl methyl sites for hydroxylation is 1. The van der Waals surface area contributed by atoms with E-state index in [1.54, 1.807) is 4.52 Å². The van der Waals surface area contributed by atoms with Crippen LogP contribution in [-0.2, 0) is 0 Å². The fourth-order valence-corrected chi connectivity index (χ4v) is 2.84. The molecule has 1 fully saturated rings. The van der Waals surface area contributed by atoms with E-state index in [4.69, 9.17) is 0 Å². The van der Waals surface area contributed by atoms with Crippen LogP contribution in [0.15, 0.2) is 12.1 Å². The minimum absolute atomic E-state index is 0.360. The first-order valence-electron chi connectivity index (χ1n) is 7.63. The Bertz CT molecular complexity index is 660. The van der Waals surface area contributed by atoms with E-state index in [-0.39, 0.29) is 0 Å². The molecule has 126 valence electrons. The highest BCUT2D eigenvalue weighted by Crippen LogP contribution is 2.22. The van der Waals surface area contributed by atoms with Crippen molar-refractivity contribution in [3.05, 3.63) is 18.0 Å². The third kappa shape index (κ3) is 4.10. The van der Waals surface area contributed by atoms with E-state index in [1.807, 2.05) is 19.1 Å². The molecule has 0 aliphatic carbocycles. The second-order valence-electron chi connectivity index (χ2n) is 5.95. The molecule has 0 radical (unpaired) electrons. The molecule has 2 aromatic heterocycles. The summed E-state index contributed by atoms with van der Waals surface area (Å²) in [5.41, 5.74) is 0.688. The van der Waals surface area contributed by atoms with Gasteiger partial charge in [0, 0.05) is 6.54 Å². The number of rotatable bonds is 4. The summed E-state index contributed by atoms with van der Waals surface area (Å²) >= 11 is 0. The van der Waals surface area contributed by atoms with Gasteiger partial charge < -0.3 is 5.32 Å². The molecular weight excluding hydrogens is 309 g/mol. The zero-order chi connectivity index (χ0) is 16.4. The summed E-state index contributed by atoms with van der Waals surface area (Å²) in [5.74, 6) is 1.79. The number of anilines is 1. The molecule has 0 aromatic carbocycles. The normalized spacial score (nSPS) is 17.7. The zero-order valence-corrected chi connectivity index (χ0v) is 12.8. The van der Waals surface area contributed by atoms with Crippen LogP contribution in [0.3, 0.4) is 0 Å². The molecule has 1 N–H and O–H groups in total. The smallest absolute Gasteiger partial charge is 0.368 e. The molecule has 6 nitrogen and oxygen atoms in total. The number of aromatic nitrogens is 4. The summed E-state index contributed by atoms with van der Waals surface area (Å²) in [6, 6.07) is 3.67. The molecule has 3 rings (SSSR count). The predicted octanol–water partition coefficient (Wildman–Crippen LogP) is 2.12. The Morgan fingerprint density at radius 3 is 2.65 bits per heavy atom. The first-order valence-corrected chi connectivity index (χ1v) is 7.63. The van der Waals surface area contributed by atoms with Crippen LogP contribution >= 0.6 is 0 Å². The molecule has 3 heterocycles. The van der Waals surface area contributed by atoms with E-state index in [0.29, 0.717) is 37.0 Å². The third-order valence-electron chi connectivity index (χ3n) is 4.10. The fourth-order valence-electron chi connectivity index (χ4n) is 2.84. The summed E-state index contributed by atoms with van der Waals surface area (Å²) in [5, 5.41) is 15.6. The molecule has 1 aliphatic heterocycles. The molecule has 1 saturated heterocycles. The van der Waals surface area contributed by atoms with Crippen molar-refractivity contribution in [3.8, 4) is 0 Å². The summed E-state index contributed by atoms with van der Waals surface area (Å²) in [7, 11) is 0. The van der Waals surface area contributed by atoms with Crippen molar-refractivity contribution in [2.45, 2.75) is 25.9 Å². The standard InChI is InChI=1S/C14H19F3N6/c1-10-19-20-13-3-2-12(21-23(10)13)18-8-11-4-6-22(7-5-11)9-14(15,16)17/h2-3,11H,4-9H2,1H3,(H,18,21). The number of fused-ring (bicyclic) bond motifs is 1. The summed E-state index contributed by atoms with van der Waals surface area (Å²) < 4.78 is 38.8. The van der Waals surface area contributed by atoms with Crippen LogP contribution in [0.1, 0.15) is 18.7 Å². The Morgan fingerprint density at radius 1 is 1.22 bits per heavy atom. The van der Waals surface area contributed by atoms with Gasteiger partial charge in [-0.3, -0.25) is 4.90 Å². The van der Waals surface area contributed by atoms with E-state index in [2.05, 4.69) is 20.6 Å². The summed E-state index contributed by atoms with van der Waals surface area (Å²) in [6.45, 7) is 2.71. The first kappa shape index (κ1) is 16.0. The molecule has 23 heavy (non-hydrogen) atoms. The van der Waals surface area contributed by atoms with Gasteiger partial charge in [-0.1, -0.05) is 0 Å². The van der Waals surface area contributed by atoms with Gasteiger partial charge in [0.05, 0.1) is 6.54 Å². The van der Waals surface area contributed by atoms with Gasteiger partial charge in [-0.2, -0.15) is 17.7 Å². The lowest BCUT2D eigenvalue weighted by Gasteiger charge is -2.32. The van der Waals surface area contributed by atoms with E-state index in [1.165, 1.54) is 4.90 Å². The number of hydrogen-bond donors (Lipinski definition) is 1. The lowest BCUT2D eigenvalue weighted by Crippen LogP contribution is -2.41. The van der Waals surface area contributed by atoms with Gasteiger partial charge in [0.1, 0.15) is 5.82 Å². The number of likely N-dealkylation sites (tertiary alicyclic amines) is 1. The second-order valence-corrected chi connectivity index (χ2v) is 5.95. The highest BCUT2D eigenvalue weighted by atomic mass is 19.4. The van der Waals surface area contributed by atoms with Gasteiger partial charge in [0.25, 0.3) is 0 Å². The number of nitrogens with one attached hydrogen (secondary N) is 1. The van der Waals surface area contributed by atoms with Crippen LogP contribution in [0.4, 0.5) is 19.0 Å². The van der Waals surface area contributed by atoms with E-state index < -0.39 is 12.7 Å². The van der Waals surface area contributed by atoms with Crippen LogP contribution < -0.4 is 5.32 Å². The SMILES string of the molecule is Cc1nnc2ccc(NCC3CCN(CC(F)(F)F)CC3)nn12. The maximum absolute atomic E-state index is 12.4. The summed E-state index contributed by atoms with van der Waals surface area (Å²) in [4.78, 5) is 1.47. The van der Waals surface area contributed by atoms with E-state index >= 15 is 0 Å². The minimum atomic E-state index is -4.11. The van der Waals surface area contributed by atoms with Crippen LogP contribution in [0, 0.1) is 12.8 Å². The number of halogens is 3. The molecule has 2 aromatic rings. The van der Waals surface area contributed by atoms with Crippen molar-refractivity contribution < 1.29 is 13.2 Å². The zero-order valence-electron chi connectivity index (χ0n) is 12.8. The minimum Gasteiger partial charge on any atom is -0.368 e. The molecule has 0 amide bonds. The Hall–Kier alpha value is -1.90. The van der Waals surface area contributed by atoms with Crippen LogP contribution in [0.2, 0.25) is 0 Å². The molecule has 0 unspecified atom stereocenters. The summed E-state index contributed by atoms with van der Waals surface area (Å²) in [6.07, 6.45) is -2.59. The largest absolute Gasteiger partial charge is 0.401 e. The average Bonchev–Trinajstić information content (AvgIpc) is 2.86. The van der Waals surface area contributed by atoms with Crippen molar-refractivity contribution in [1.82, 2.24) is 24.7 Å². The van der Waals surface area contributed by atoms with Crippen LogP contribution in [-0.4, -0.2) is 57.1 Å². The fraction of sp³-hybridized carbons (Fsp3) is 0.643. The van der Waals surface area contributed by atoms with Crippen molar-refractivity contribution in [2.24, 2.45) is 5.92 Å². The topological polar surface area (TPSA) is 58.4 Å². The molecule has 0 saturated carbocycles. The monoisotopic (exact) mass is 328 g/mol. The lowest BCUT2D eigenvalue weighted by atomic mass is 9.97. The van der Waals surface area contributed by atoms with E-state index in [0.717, 1.165) is 18.7 Å². The first-order chi connectivity index (χ1) is 10.9. The van der Waals surface area contributed by atoms with Gasteiger partial charge in [0.2, 0.25) is 0 Å². The highest BCUT2D eigenvalue weighted by molar-refractivity contribution is 5.43. The van der Waals surface area contributed by atoms with Crippen LogP contribution in [0.5, 0.6) is 0 Å². The lowest BCUT2D eigenvalue weighted by molar-refractivity contribution is -0.148. The maximum Gasteiger partial charge on any atom is 0.401 e. The van der Waals surface area contributed by atoms with Crippen molar-refractivity contribution in [2.75, 3.05) is 31.5 Å². The van der Waals surface area contributed by atoms with Gasteiger partial charge >= 0.3 is 6.18 Å². The van der Waals surface area contributed by atoms with E-state index in [9.17, 15) is 13.2 Å². The Morgan fingerprint density at radius 2 is 1.96 bits per heavy atom. The average molecular weight is 328 g/mol. The molecule has 1 aliphatic rings. The maximum atomic E-state index is 12.4. The molecule has 9 heteroatoms. The number of piperidine rings is 1. The third-order valence-corrected chi connectivity index (χ3v) is 4.10. The van der Waals surface area contributed by atoms with Gasteiger partial charge in [0.15, 0.2) is 11.5 Å². The quantitative estimate of drug-likeness (QED) is 0.932. The number of alkyl halides is 3. The number of nitrogens with zero attached hydrogens (tertiary/aromatic N) is 5. The highest BCUT2D eigenvalue weighted by Gasteiger charge is 2.32. The Balaban J connectivity index is 1.50. The molecule has 0 spiro atoms.